The van der Waals surface area contributed by atoms with Gasteiger partial charge < -0.3 is 9.72 Å². The van der Waals surface area contributed by atoms with Crippen LogP contribution in [0.3, 0.4) is 0 Å². The van der Waals surface area contributed by atoms with Gasteiger partial charge in [-0.25, -0.2) is 9.78 Å². The van der Waals surface area contributed by atoms with Crippen molar-refractivity contribution in [3.05, 3.63) is 74.0 Å². The van der Waals surface area contributed by atoms with Gasteiger partial charge in [-0.15, -0.1) is 0 Å². The zero-order valence-electron chi connectivity index (χ0n) is 14.3. The first-order valence-corrected chi connectivity index (χ1v) is 9.77. The molecule has 0 saturated carbocycles. The van der Waals surface area contributed by atoms with Crippen LogP contribution in [0.15, 0.2) is 52.4 Å². The molecule has 0 saturated heterocycles. The lowest BCUT2D eigenvalue weighted by molar-refractivity contribution is 0.0735. The molecule has 0 atom stereocenters. The van der Waals surface area contributed by atoms with Gasteiger partial charge in [0.1, 0.15) is 17.4 Å². The van der Waals surface area contributed by atoms with E-state index in [-0.39, 0.29) is 27.6 Å². The van der Waals surface area contributed by atoms with Crippen LogP contribution in [-0.2, 0) is 0 Å². The number of aromatic nitrogens is 2. The van der Waals surface area contributed by atoms with Crippen LogP contribution in [0, 0.1) is 11.3 Å². The second-order valence-electron chi connectivity index (χ2n) is 5.45. The Bertz CT molecular complexity index is 1150. The summed E-state index contributed by atoms with van der Waals surface area (Å²) in [6.45, 7) is 0. The number of nitrogens with zero attached hydrogens (tertiary/aromatic N) is 2. The van der Waals surface area contributed by atoms with Crippen LogP contribution in [0.2, 0.25) is 10.0 Å². The maximum Gasteiger partial charge on any atom is 0.345 e. The summed E-state index contributed by atoms with van der Waals surface area (Å²) in [6, 6.07) is 12.6. The van der Waals surface area contributed by atoms with E-state index < -0.39 is 11.5 Å². The Morgan fingerprint density at radius 1 is 1.21 bits per heavy atom. The molecule has 1 aromatic heterocycles. The van der Waals surface area contributed by atoms with Crippen molar-refractivity contribution in [1.29, 1.82) is 5.26 Å². The first-order chi connectivity index (χ1) is 13.4. The molecule has 28 heavy (non-hydrogen) atoms. The lowest BCUT2D eigenvalue weighted by Crippen LogP contribution is -2.14. The Morgan fingerprint density at radius 2 is 1.93 bits per heavy atom. The monoisotopic (exact) mass is 431 g/mol. The Labute approximate surface area is 174 Å². The van der Waals surface area contributed by atoms with E-state index in [9.17, 15) is 14.9 Å². The fourth-order valence-corrected chi connectivity index (χ4v) is 3.22. The second kappa shape index (κ2) is 8.48. The Morgan fingerprint density at radius 3 is 2.54 bits per heavy atom. The van der Waals surface area contributed by atoms with E-state index >= 15 is 0 Å². The van der Waals surface area contributed by atoms with Gasteiger partial charge in [0.2, 0.25) is 0 Å². The molecule has 6 nitrogen and oxygen atoms in total. The molecular formula is C19H11Cl2N3O3S. The molecule has 0 aliphatic rings. The molecule has 0 fully saturated rings. The van der Waals surface area contributed by atoms with Gasteiger partial charge >= 0.3 is 5.97 Å². The highest BCUT2D eigenvalue weighted by Gasteiger charge is 2.15. The lowest BCUT2D eigenvalue weighted by atomic mass is 10.1. The standard InChI is InChI=1S/C19H11Cl2N3O3S/c1-28-19-23-16(14(9-22)17(25)24-19)10-2-5-12(6-3-10)27-18(26)13-7-4-11(20)8-15(13)21/h2-8H,1H3,(H,23,24,25). The predicted molar refractivity (Wildman–Crippen MR) is 108 cm³/mol. The van der Waals surface area contributed by atoms with E-state index in [1.165, 1.54) is 23.9 Å². The minimum atomic E-state index is -0.633. The molecule has 9 heteroatoms. The average Bonchev–Trinajstić information content (AvgIpc) is 2.67. The number of aromatic amines is 1. The van der Waals surface area contributed by atoms with Gasteiger partial charge in [0.25, 0.3) is 5.56 Å². The van der Waals surface area contributed by atoms with Gasteiger partial charge in [0.05, 0.1) is 16.3 Å². The third-order valence-corrected chi connectivity index (χ3v) is 4.82. The first kappa shape index (κ1) is 20.0. The summed E-state index contributed by atoms with van der Waals surface area (Å²) < 4.78 is 5.31. The van der Waals surface area contributed by atoms with Gasteiger partial charge in [-0.05, 0) is 48.7 Å². The van der Waals surface area contributed by atoms with E-state index in [0.717, 1.165) is 0 Å². The zero-order chi connectivity index (χ0) is 20.3. The average molecular weight is 432 g/mol. The number of nitrogens with one attached hydrogen (secondary N) is 1. The molecule has 0 radical (unpaired) electrons. The summed E-state index contributed by atoms with van der Waals surface area (Å²) >= 11 is 13.1. The van der Waals surface area contributed by atoms with Crippen LogP contribution < -0.4 is 10.3 Å². The summed E-state index contributed by atoms with van der Waals surface area (Å²) in [5.74, 6) is -0.362. The van der Waals surface area contributed by atoms with E-state index in [1.54, 1.807) is 36.6 Å². The topological polar surface area (TPSA) is 95.8 Å². The third kappa shape index (κ3) is 4.20. The number of hydrogen-bond acceptors (Lipinski definition) is 6. The molecule has 0 bridgehead atoms. The van der Waals surface area contributed by atoms with Crippen molar-refractivity contribution in [3.63, 3.8) is 0 Å². The second-order valence-corrected chi connectivity index (χ2v) is 7.09. The van der Waals surface area contributed by atoms with Crippen molar-refractivity contribution in [3.8, 4) is 23.1 Å². The minimum Gasteiger partial charge on any atom is -0.423 e. The van der Waals surface area contributed by atoms with Crippen molar-refractivity contribution in [2.45, 2.75) is 5.16 Å². The number of nitriles is 1. The van der Waals surface area contributed by atoms with E-state index in [2.05, 4.69) is 9.97 Å². The fourth-order valence-electron chi connectivity index (χ4n) is 2.36. The largest absolute Gasteiger partial charge is 0.423 e. The normalized spacial score (nSPS) is 10.4. The Balaban J connectivity index is 1.88. The Kier molecular flexibility index (Phi) is 6.05. The first-order valence-electron chi connectivity index (χ1n) is 7.79. The maximum absolute atomic E-state index is 12.3. The number of benzene rings is 2. The zero-order valence-corrected chi connectivity index (χ0v) is 16.7. The highest BCUT2D eigenvalue weighted by molar-refractivity contribution is 7.98. The van der Waals surface area contributed by atoms with E-state index in [1.807, 2.05) is 6.07 Å². The van der Waals surface area contributed by atoms with Crippen molar-refractivity contribution in [2.75, 3.05) is 6.26 Å². The molecule has 0 aliphatic heterocycles. The molecule has 1 N–H and O–H groups in total. The van der Waals surface area contributed by atoms with E-state index in [4.69, 9.17) is 27.9 Å². The van der Waals surface area contributed by atoms with Crippen LogP contribution in [-0.4, -0.2) is 22.2 Å². The summed E-state index contributed by atoms with van der Waals surface area (Å²) in [5.41, 5.74) is 0.388. The summed E-state index contributed by atoms with van der Waals surface area (Å²) in [6.07, 6.45) is 1.76. The van der Waals surface area contributed by atoms with Gasteiger partial charge in [0.15, 0.2) is 5.16 Å². The number of hydrogen-bond donors (Lipinski definition) is 1. The minimum absolute atomic E-state index is 0.0875. The summed E-state index contributed by atoms with van der Waals surface area (Å²) in [4.78, 5) is 31.1. The lowest BCUT2D eigenvalue weighted by Gasteiger charge is -2.08. The number of rotatable bonds is 4. The van der Waals surface area contributed by atoms with Crippen molar-refractivity contribution in [2.24, 2.45) is 0 Å². The molecule has 2 aromatic carbocycles. The van der Waals surface area contributed by atoms with Crippen molar-refractivity contribution >= 4 is 40.9 Å². The molecule has 0 unspecified atom stereocenters. The molecule has 3 aromatic rings. The highest BCUT2D eigenvalue weighted by Crippen LogP contribution is 2.26. The van der Waals surface area contributed by atoms with Crippen LogP contribution in [0.25, 0.3) is 11.3 Å². The Hall–Kier alpha value is -2.79. The maximum atomic E-state index is 12.3. The van der Waals surface area contributed by atoms with Gasteiger partial charge in [-0.2, -0.15) is 5.26 Å². The fraction of sp³-hybridized carbons (Fsp3) is 0.0526. The highest BCUT2D eigenvalue weighted by atomic mass is 35.5. The number of halogens is 2. The van der Waals surface area contributed by atoms with Crippen LogP contribution >= 0.6 is 35.0 Å². The number of ether oxygens (including phenoxy) is 1. The van der Waals surface area contributed by atoms with Crippen molar-refractivity contribution < 1.29 is 9.53 Å². The molecular weight excluding hydrogens is 421 g/mol. The van der Waals surface area contributed by atoms with Gasteiger partial charge in [0, 0.05) is 10.6 Å². The van der Waals surface area contributed by atoms with Gasteiger partial charge in [-0.3, -0.25) is 4.79 Å². The van der Waals surface area contributed by atoms with Crippen molar-refractivity contribution in [1.82, 2.24) is 9.97 Å². The van der Waals surface area contributed by atoms with Crippen LogP contribution in [0.1, 0.15) is 15.9 Å². The summed E-state index contributed by atoms with van der Waals surface area (Å²) in [7, 11) is 0. The number of thioether (sulfide) groups is 1. The van der Waals surface area contributed by atoms with Crippen LogP contribution in [0.4, 0.5) is 0 Å². The summed E-state index contributed by atoms with van der Waals surface area (Å²) in [5, 5.41) is 10.3. The molecule has 1 heterocycles. The molecule has 140 valence electrons. The molecule has 0 aliphatic carbocycles. The number of H-pyrrole nitrogens is 1. The van der Waals surface area contributed by atoms with E-state index in [0.29, 0.717) is 15.7 Å². The number of esters is 1. The van der Waals surface area contributed by atoms with Gasteiger partial charge in [-0.1, -0.05) is 35.0 Å². The quantitative estimate of drug-likeness (QED) is 0.281. The van der Waals surface area contributed by atoms with Crippen LogP contribution in [0.5, 0.6) is 5.75 Å². The third-order valence-electron chi connectivity index (χ3n) is 3.69. The SMILES string of the molecule is CSc1nc(-c2ccc(OC(=O)c3ccc(Cl)cc3Cl)cc2)c(C#N)c(=O)[nH]1. The number of carbonyl (C=O) groups is 1. The number of carbonyl (C=O) groups excluding carboxylic acids is 1. The molecule has 0 amide bonds. The predicted octanol–water partition coefficient (Wildman–Crippen LogP) is 4.56. The molecule has 0 spiro atoms. The molecule has 3 rings (SSSR count). The smallest absolute Gasteiger partial charge is 0.345 e.